The van der Waals surface area contributed by atoms with Gasteiger partial charge in [-0.1, -0.05) is 0 Å². The van der Waals surface area contributed by atoms with Gasteiger partial charge in [-0.3, -0.25) is 14.4 Å². The quantitative estimate of drug-likeness (QED) is 0.329. The molecule has 8 nitrogen and oxygen atoms in total. The molecule has 1 aliphatic rings. The molecule has 0 spiro atoms. The molecule has 0 saturated heterocycles. The van der Waals surface area contributed by atoms with Crippen molar-refractivity contribution in [3.63, 3.8) is 0 Å². The Morgan fingerprint density at radius 2 is 1.76 bits per heavy atom. The minimum absolute atomic E-state index is 0.0916. The van der Waals surface area contributed by atoms with E-state index in [1.165, 1.54) is 35.8 Å². The van der Waals surface area contributed by atoms with Crippen molar-refractivity contribution in [3.8, 4) is 11.3 Å². The van der Waals surface area contributed by atoms with Gasteiger partial charge in [-0.05, 0) is 80.3 Å². The summed E-state index contributed by atoms with van der Waals surface area (Å²) in [5.41, 5.74) is 2.69. The SMILES string of the molecule is Cc1cc(NC(=O)c2c(C)c(C(=O)C(=O)N[C@H]3CC[C@@H](S(C)(=O)=O)CC3)n(C)c2-c2ccsc2)ccc1F. The lowest BCUT2D eigenvalue weighted by Crippen LogP contribution is -2.43. The molecule has 1 fully saturated rings. The molecular formula is C27H30FN3O5S2. The van der Waals surface area contributed by atoms with E-state index in [9.17, 15) is 27.2 Å². The van der Waals surface area contributed by atoms with Gasteiger partial charge in [-0.25, -0.2) is 12.8 Å². The lowest BCUT2D eigenvalue weighted by molar-refractivity contribution is -0.117. The van der Waals surface area contributed by atoms with Gasteiger partial charge in [0.05, 0.1) is 22.2 Å². The summed E-state index contributed by atoms with van der Waals surface area (Å²) in [5, 5.41) is 8.81. The third-order valence-corrected chi connectivity index (χ3v) is 9.48. The lowest BCUT2D eigenvalue weighted by Gasteiger charge is -2.27. The number of amides is 2. The molecule has 4 rings (SSSR count). The van der Waals surface area contributed by atoms with Crippen molar-refractivity contribution >= 4 is 44.5 Å². The molecular weight excluding hydrogens is 529 g/mol. The van der Waals surface area contributed by atoms with Crippen molar-refractivity contribution in [1.82, 2.24) is 9.88 Å². The summed E-state index contributed by atoms with van der Waals surface area (Å²) in [6.45, 7) is 3.22. The summed E-state index contributed by atoms with van der Waals surface area (Å²) >= 11 is 1.43. The number of sulfone groups is 1. The lowest BCUT2D eigenvalue weighted by atomic mass is 9.94. The van der Waals surface area contributed by atoms with Crippen LogP contribution in [-0.4, -0.2) is 48.1 Å². The fourth-order valence-corrected chi connectivity index (χ4v) is 6.84. The molecule has 0 aliphatic heterocycles. The minimum Gasteiger partial charge on any atom is -0.346 e. The van der Waals surface area contributed by atoms with Crippen molar-refractivity contribution in [1.29, 1.82) is 0 Å². The summed E-state index contributed by atoms with van der Waals surface area (Å²) in [5.74, 6) is -2.44. The molecule has 0 unspecified atom stereocenters. The number of thiophene rings is 1. The van der Waals surface area contributed by atoms with Crippen molar-refractivity contribution in [2.75, 3.05) is 11.6 Å². The molecule has 0 bridgehead atoms. The highest BCUT2D eigenvalue weighted by Crippen LogP contribution is 2.33. The van der Waals surface area contributed by atoms with Crippen LogP contribution in [0, 0.1) is 19.7 Å². The number of halogens is 1. The second-order valence-electron chi connectivity index (χ2n) is 9.79. The Labute approximate surface area is 225 Å². The summed E-state index contributed by atoms with van der Waals surface area (Å²) in [7, 11) is -1.51. The maximum Gasteiger partial charge on any atom is 0.294 e. The van der Waals surface area contributed by atoms with E-state index in [4.69, 9.17) is 0 Å². The van der Waals surface area contributed by atoms with Crippen molar-refractivity contribution in [2.45, 2.75) is 50.8 Å². The molecule has 11 heteroatoms. The van der Waals surface area contributed by atoms with Crippen LogP contribution in [0.15, 0.2) is 35.0 Å². The molecule has 38 heavy (non-hydrogen) atoms. The number of benzene rings is 1. The second kappa shape index (κ2) is 10.8. The maximum atomic E-state index is 13.7. The molecule has 2 heterocycles. The van der Waals surface area contributed by atoms with E-state index in [1.807, 2.05) is 16.8 Å². The predicted molar refractivity (Wildman–Crippen MR) is 146 cm³/mol. The molecule has 2 aromatic heterocycles. The standard InChI is InChI=1S/C27H30FN3O5S2/c1-15-13-19(7-10-21(15)28)30-26(33)22-16(2)23(31(3)24(22)17-11-12-37-14-17)25(32)27(34)29-18-5-8-20(9-6-18)38(4,35)36/h7,10-14,18,20H,5-6,8-9H2,1-4H3,(H,29,34)(H,30,33)/t18-,20+. The molecule has 1 saturated carbocycles. The fraction of sp³-hybridized carbons (Fsp3) is 0.370. The third-order valence-electron chi connectivity index (χ3n) is 7.11. The Hall–Kier alpha value is -3.31. The van der Waals surface area contributed by atoms with Gasteiger partial charge in [0.1, 0.15) is 15.7 Å². The van der Waals surface area contributed by atoms with E-state index in [2.05, 4.69) is 10.6 Å². The molecule has 2 N–H and O–H groups in total. The van der Waals surface area contributed by atoms with Crippen LogP contribution in [0.1, 0.15) is 57.7 Å². The molecule has 3 aromatic rings. The Balaban J connectivity index is 1.62. The van der Waals surface area contributed by atoms with Gasteiger partial charge in [-0.15, -0.1) is 0 Å². The van der Waals surface area contributed by atoms with Crippen LogP contribution in [0.4, 0.5) is 10.1 Å². The number of carbonyl (C=O) groups excluding carboxylic acids is 3. The van der Waals surface area contributed by atoms with Crippen LogP contribution < -0.4 is 10.6 Å². The van der Waals surface area contributed by atoms with E-state index >= 15 is 0 Å². The zero-order chi connectivity index (χ0) is 27.8. The Morgan fingerprint density at radius 3 is 2.34 bits per heavy atom. The van der Waals surface area contributed by atoms with Gasteiger partial charge < -0.3 is 15.2 Å². The highest BCUT2D eigenvalue weighted by atomic mass is 32.2. The zero-order valence-corrected chi connectivity index (χ0v) is 23.3. The number of hydrogen-bond donors (Lipinski definition) is 2. The highest BCUT2D eigenvalue weighted by Gasteiger charge is 2.33. The second-order valence-corrected chi connectivity index (χ2v) is 12.9. The summed E-state index contributed by atoms with van der Waals surface area (Å²) < 4.78 is 38.9. The van der Waals surface area contributed by atoms with Crippen LogP contribution in [0.25, 0.3) is 11.3 Å². The number of hydrogen-bond acceptors (Lipinski definition) is 6. The first-order chi connectivity index (χ1) is 17.9. The molecule has 1 aromatic carbocycles. The zero-order valence-electron chi connectivity index (χ0n) is 21.6. The predicted octanol–water partition coefficient (Wildman–Crippen LogP) is 4.42. The number of carbonyl (C=O) groups is 3. The van der Waals surface area contributed by atoms with Gasteiger partial charge >= 0.3 is 0 Å². The summed E-state index contributed by atoms with van der Waals surface area (Å²) in [4.78, 5) is 39.8. The largest absolute Gasteiger partial charge is 0.346 e. The van der Waals surface area contributed by atoms with Crippen molar-refractivity contribution in [3.05, 3.63) is 63.2 Å². The van der Waals surface area contributed by atoms with Crippen molar-refractivity contribution in [2.24, 2.45) is 7.05 Å². The topological polar surface area (TPSA) is 114 Å². The Bertz CT molecular complexity index is 1500. The maximum absolute atomic E-state index is 13.7. The van der Waals surface area contributed by atoms with Gasteiger partial charge in [0.2, 0.25) is 0 Å². The smallest absolute Gasteiger partial charge is 0.294 e. The first-order valence-corrected chi connectivity index (χ1v) is 15.1. The van der Waals surface area contributed by atoms with Gasteiger partial charge in [0.15, 0.2) is 0 Å². The average Bonchev–Trinajstić information content (AvgIpc) is 3.46. The number of rotatable bonds is 7. The van der Waals surface area contributed by atoms with Crippen LogP contribution in [0.3, 0.4) is 0 Å². The average molecular weight is 560 g/mol. The molecule has 202 valence electrons. The van der Waals surface area contributed by atoms with E-state index in [-0.39, 0.29) is 23.1 Å². The minimum atomic E-state index is -3.15. The first-order valence-electron chi connectivity index (χ1n) is 12.2. The van der Waals surface area contributed by atoms with E-state index in [1.54, 1.807) is 25.5 Å². The molecule has 2 amide bonds. The van der Waals surface area contributed by atoms with E-state index < -0.39 is 32.7 Å². The van der Waals surface area contributed by atoms with Crippen LogP contribution in [0.2, 0.25) is 0 Å². The summed E-state index contributed by atoms with van der Waals surface area (Å²) in [6.07, 6.45) is 3.00. The van der Waals surface area contributed by atoms with E-state index in [0.717, 1.165) is 5.56 Å². The van der Waals surface area contributed by atoms with Crippen LogP contribution in [0.5, 0.6) is 0 Å². The van der Waals surface area contributed by atoms with Crippen LogP contribution in [-0.2, 0) is 21.7 Å². The number of nitrogens with zero attached hydrogens (tertiary/aromatic N) is 1. The highest BCUT2D eigenvalue weighted by molar-refractivity contribution is 7.91. The number of nitrogens with one attached hydrogen (secondary N) is 2. The molecule has 1 aliphatic carbocycles. The van der Waals surface area contributed by atoms with Gasteiger partial charge in [0, 0.05) is 36.0 Å². The number of ketones is 1. The number of Topliss-reactive ketones (excluding diaryl/α,β-unsaturated/α-hetero) is 1. The Morgan fingerprint density at radius 1 is 1.08 bits per heavy atom. The van der Waals surface area contributed by atoms with E-state index in [0.29, 0.717) is 48.2 Å². The van der Waals surface area contributed by atoms with Crippen molar-refractivity contribution < 1.29 is 27.2 Å². The monoisotopic (exact) mass is 559 g/mol. The molecule has 0 atom stereocenters. The van der Waals surface area contributed by atoms with Gasteiger partial charge in [0.25, 0.3) is 17.6 Å². The van der Waals surface area contributed by atoms with Gasteiger partial charge in [-0.2, -0.15) is 11.3 Å². The number of aromatic nitrogens is 1. The van der Waals surface area contributed by atoms with Crippen LogP contribution >= 0.6 is 11.3 Å². The summed E-state index contributed by atoms with van der Waals surface area (Å²) in [6, 6.07) is 5.78. The first kappa shape index (κ1) is 27.7. The normalized spacial score (nSPS) is 17.7. The Kier molecular flexibility index (Phi) is 7.89. The molecule has 0 radical (unpaired) electrons. The number of anilines is 1. The number of aryl methyl sites for hydroxylation is 1. The third kappa shape index (κ3) is 5.58. The fourth-order valence-electron chi connectivity index (χ4n) is 5.07.